The average molecular weight is 428 g/mol. The van der Waals surface area contributed by atoms with E-state index in [-0.39, 0.29) is 47.6 Å². The van der Waals surface area contributed by atoms with Crippen LogP contribution in [0.5, 0.6) is 0 Å². The van der Waals surface area contributed by atoms with Crippen LogP contribution in [0.1, 0.15) is 44.2 Å². The van der Waals surface area contributed by atoms with Crippen LogP contribution in [0.15, 0.2) is 35.9 Å². The molecule has 1 aliphatic heterocycles. The highest BCUT2D eigenvalue weighted by Gasteiger charge is 2.40. The molecule has 0 spiro atoms. The molecular formula is C21H27ClFNO3S. The van der Waals surface area contributed by atoms with Crippen LogP contribution in [0.3, 0.4) is 0 Å². The summed E-state index contributed by atoms with van der Waals surface area (Å²) in [7, 11) is 0. The van der Waals surface area contributed by atoms with Gasteiger partial charge in [0.25, 0.3) is 0 Å². The van der Waals surface area contributed by atoms with E-state index >= 15 is 0 Å². The molecule has 1 heterocycles. The number of benzene rings is 1. The van der Waals surface area contributed by atoms with Crippen molar-refractivity contribution in [3.63, 3.8) is 0 Å². The predicted octanol–water partition coefficient (Wildman–Crippen LogP) is 4.15. The molecule has 0 radical (unpaired) electrons. The summed E-state index contributed by atoms with van der Waals surface area (Å²) in [5.41, 5.74) is 1.43. The molecule has 154 valence electrons. The van der Waals surface area contributed by atoms with Gasteiger partial charge in [0, 0.05) is 29.8 Å². The first kappa shape index (κ1) is 22.9. The minimum atomic E-state index is -0.578. The van der Waals surface area contributed by atoms with Crippen LogP contribution >= 0.6 is 25.0 Å². The fraction of sp³-hybridized carbons (Fsp3) is 0.524. The Morgan fingerprint density at radius 2 is 2.04 bits per heavy atom. The Hall–Kier alpha value is -1.37. The van der Waals surface area contributed by atoms with Crippen molar-refractivity contribution in [2.75, 3.05) is 19.7 Å². The minimum Gasteiger partial charge on any atom is -0.466 e. The SMILES string of the molecule is CCOC(=O)CC=C1CN(C(C(=O)C2CC2)c2ccccc2F)CCC1S.Cl. The first-order valence-electron chi connectivity index (χ1n) is 9.56. The number of hydrogen-bond donors (Lipinski definition) is 1. The van der Waals surface area contributed by atoms with Crippen molar-refractivity contribution in [2.24, 2.45) is 5.92 Å². The Labute approximate surface area is 177 Å². The Morgan fingerprint density at radius 1 is 1.32 bits per heavy atom. The molecule has 3 rings (SSSR count). The van der Waals surface area contributed by atoms with Gasteiger partial charge in [0.2, 0.25) is 0 Å². The quantitative estimate of drug-likeness (QED) is 0.403. The summed E-state index contributed by atoms with van der Waals surface area (Å²) >= 11 is 4.63. The number of esters is 1. The molecule has 2 aliphatic rings. The first-order chi connectivity index (χ1) is 13.0. The van der Waals surface area contributed by atoms with E-state index in [4.69, 9.17) is 4.74 Å². The lowest BCUT2D eigenvalue weighted by molar-refractivity contribution is -0.142. The molecule has 1 saturated carbocycles. The number of halogens is 2. The van der Waals surface area contributed by atoms with E-state index in [1.165, 1.54) is 6.07 Å². The summed E-state index contributed by atoms with van der Waals surface area (Å²) in [5, 5.41) is 0.0352. The Balaban J connectivity index is 0.00000280. The van der Waals surface area contributed by atoms with E-state index in [1.807, 2.05) is 11.0 Å². The molecule has 28 heavy (non-hydrogen) atoms. The van der Waals surface area contributed by atoms with Gasteiger partial charge in [-0.15, -0.1) is 12.4 Å². The number of likely N-dealkylation sites (tertiary alicyclic amines) is 1. The van der Waals surface area contributed by atoms with Crippen molar-refractivity contribution < 1.29 is 18.7 Å². The van der Waals surface area contributed by atoms with Crippen LogP contribution in [0.25, 0.3) is 0 Å². The smallest absolute Gasteiger partial charge is 0.309 e. The number of ether oxygens (including phenoxy) is 1. The van der Waals surface area contributed by atoms with E-state index in [0.717, 1.165) is 24.8 Å². The van der Waals surface area contributed by atoms with E-state index < -0.39 is 6.04 Å². The van der Waals surface area contributed by atoms with E-state index in [0.29, 0.717) is 25.3 Å². The summed E-state index contributed by atoms with van der Waals surface area (Å²) < 4.78 is 19.5. The van der Waals surface area contributed by atoms with Crippen LogP contribution < -0.4 is 0 Å². The van der Waals surface area contributed by atoms with E-state index in [2.05, 4.69) is 12.6 Å². The number of ketones is 1. The van der Waals surface area contributed by atoms with Crippen molar-refractivity contribution in [2.45, 2.75) is 43.9 Å². The molecule has 1 saturated heterocycles. The zero-order valence-corrected chi connectivity index (χ0v) is 17.7. The second-order valence-electron chi connectivity index (χ2n) is 7.16. The standard InChI is InChI=1S/C21H26FNO3S.ClH/c1-2-26-19(24)10-9-15-13-23(12-11-18(15)27)20(21(25)14-7-8-14)16-5-3-4-6-17(16)22;/h3-6,9,14,18,20,27H,2,7-8,10-13H2,1H3;1H. The minimum absolute atomic E-state index is 0. The molecule has 0 N–H and O–H groups in total. The number of carbonyl (C=O) groups excluding carboxylic acids is 2. The number of hydrogen-bond acceptors (Lipinski definition) is 5. The molecule has 7 heteroatoms. The van der Waals surface area contributed by atoms with Gasteiger partial charge in [-0.1, -0.05) is 24.3 Å². The molecule has 0 amide bonds. The van der Waals surface area contributed by atoms with Crippen LogP contribution in [0, 0.1) is 11.7 Å². The second-order valence-corrected chi connectivity index (χ2v) is 7.79. The number of rotatable bonds is 7. The lowest BCUT2D eigenvalue weighted by Gasteiger charge is -2.37. The summed E-state index contributed by atoms with van der Waals surface area (Å²) in [4.78, 5) is 26.7. The predicted molar refractivity (Wildman–Crippen MR) is 112 cm³/mol. The lowest BCUT2D eigenvalue weighted by Crippen LogP contribution is -2.42. The number of Topliss-reactive ketones (excluding diaryl/α,β-unsaturated/α-hetero) is 1. The maximum atomic E-state index is 14.5. The number of piperidine rings is 1. The van der Waals surface area contributed by atoms with Crippen molar-refractivity contribution in [3.8, 4) is 0 Å². The number of carbonyl (C=O) groups is 2. The summed E-state index contributed by atoms with van der Waals surface area (Å²) in [6.45, 7) is 3.30. The Bertz CT molecular complexity index is 738. The number of thiol groups is 1. The summed E-state index contributed by atoms with van der Waals surface area (Å²) in [5.74, 6) is -0.485. The van der Waals surface area contributed by atoms with Gasteiger partial charge in [0.1, 0.15) is 5.82 Å². The van der Waals surface area contributed by atoms with E-state index in [1.54, 1.807) is 25.1 Å². The highest BCUT2D eigenvalue weighted by Crippen LogP contribution is 2.39. The van der Waals surface area contributed by atoms with Gasteiger partial charge in [-0.3, -0.25) is 14.5 Å². The van der Waals surface area contributed by atoms with Gasteiger partial charge < -0.3 is 4.74 Å². The molecule has 0 bridgehead atoms. The third kappa shape index (κ3) is 5.58. The maximum absolute atomic E-state index is 14.5. The molecule has 2 fully saturated rings. The third-order valence-electron chi connectivity index (χ3n) is 5.15. The molecule has 0 aromatic heterocycles. The Morgan fingerprint density at radius 3 is 2.68 bits per heavy atom. The summed E-state index contributed by atoms with van der Waals surface area (Å²) in [6.07, 6.45) is 4.56. The first-order valence-corrected chi connectivity index (χ1v) is 10.1. The molecule has 4 nitrogen and oxygen atoms in total. The summed E-state index contributed by atoms with van der Waals surface area (Å²) in [6, 6.07) is 5.95. The average Bonchev–Trinajstić information content (AvgIpc) is 3.49. The van der Waals surface area contributed by atoms with Crippen molar-refractivity contribution in [1.82, 2.24) is 4.90 Å². The molecule has 2 atom stereocenters. The fourth-order valence-corrected chi connectivity index (χ4v) is 3.87. The van der Waals surface area contributed by atoms with Crippen LogP contribution in [0.4, 0.5) is 4.39 Å². The van der Waals surface area contributed by atoms with Gasteiger partial charge in [-0.25, -0.2) is 4.39 Å². The fourth-order valence-electron chi connectivity index (χ4n) is 3.57. The van der Waals surface area contributed by atoms with Crippen molar-refractivity contribution >= 4 is 36.8 Å². The normalized spacial score (nSPS) is 22.4. The van der Waals surface area contributed by atoms with Gasteiger partial charge in [-0.2, -0.15) is 12.6 Å². The Kier molecular flexibility index (Phi) is 8.53. The molecular weight excluding hydrogens is 401 g/mol. The van der Waals surface area contributed by atoms with Crippen molar-refractivity contribution in [3.05, 3.63) is 47.3 Å². The highest BCUT2D eigenvalue weighted by atomic mass is 35.5. The monoisotopic (exact) mass is 427 g/mol. The van der Waals surface area contributed by atoms with Gasteiger partial charge in [0.15, 0.2) is 5.78 Å². The third-order valence-corrected chi connectivity index (χ3v) is 5.74. The lowest BCUT2D eigenvalue weighted by atomic mass is 9.93. The topological polar surface area (TPSA) is 46.6 Å². The highest BCUT2D eigenvalue weighted by molar-refractivity contribution is 7.81. The van der Waals surface area contributed by atoms with Crippen LogP contribution in [-0.4, -0.2) is 41.6 Å². The molecule has 1 aromatic carbocycles. The zero-order chi connectivity index (χ0) is 19.4. The van der Waals surface area contributed by atoms with Crippen LogP contribution in [-0.2, 0) is 14.3 Å². The largest absolute Gasteiger partial charge is 0.466 e. The zero-order valence-electron chi connectivity index (χ0n) is 16.0. The van der Waals surface area contributed by atoms with Crippen LogP contribution in [0.2, 0.25) is 0 Å². The molecule has 2 unspecified atom stereocenters. The van der Waals surface area contributed by atoms with Gasteiger partial charge in [0.05, 0.1) is 19.1 Å². The molecule has 1 aromatic rings. The molecule has 1 aliphatic carbocycles. The number of nitrogens with zero attached hydrogens (tertiary/aromatic N) is 1. The van der Waals surface area contributed by atoms with Gasteiger partial charge >= 0.3 is 5.97 Å². The van der Waals surface area contributed by atoms with Gasteiger partial charge in [-0.05, 0) is 37.8 Å². The van der Waals surface area contributed by atoms with Crippen molar-refractivity contribution in [1.29, 1.82) is 0 Å². The maximum Gasteiger partial charge on any atom is 0.309 e. The second kappa shape index (κ2) is 10.4. The van der Waals surface area contributed by atoms with E-state index in [9.17, 15) is 14.0 Å².